The minimum atomic E-state index is -0.403. The zero-order valence-corrected chi connectivity index (χ0v) is 15.7. The van der Waals surface area contributed by atoms with Gasteiger partial charge < -0.3 is 10.7 Å². The molecule has 0 aliphatic carbocycles. The summed E-state index contributed by atoms with van der Waals surface area (Å²) in [6, 6.07) is 8.42. The highest BCUT2D eigenvalue weighted by Crippen LogP contribution is 2.24. The Morgan fingerprint density at radius 3 is 2.57 bits per heavy atom. The molecular weight excluding hydrogens is 359 g/mol. The summed E-state index contributed by atoms with van der Waals surface area (Å²) in [6.45, 7) is 3.87. The molecule has 0 fully saturated rings. The Kier molecular flexibility index (Phi) is 4.26. The molecule has 0 radical (unpaired) electrons. The number of nitrogens with zero attached hydrogens (tertiary/aromatic N) is 6. The van der Waals surface area contributed by atoms with Crippen molar-refractivity contribution in [2.45, 2.75) is 13.8 Å². The molecule has 3 N–H and O–H groups in total. The van der Waals surface area contributed by atoms with E-state index >= 15 is 0 Å². The average Bonchev–Trinajstić information content (AvgIpc) is 3.16. The van der Waals surface area contributed by atoms with Crippen LogP contribution in [0.3, 0.4) is 0 Å². The fourth-order valence-corrected chi connectivity index (χ4v) is 3.07. The third-order valence-corrected chi connectivity index (χ3v) is 4.28. The quantitative estimate of drug-likeness (QED) is 0.558. The van der Waals surface area contributed by atoms with Gasteiger partial charge in [0.15, 0.2) is 5.82 Å². The second kappa shape index (κ2) is 6.76. The number of hydrogen-bond donors (Lipinski definition) is 2. The highest BCUT2D eigenvalue weighted by atomic mass is 19.1. The SMILES string of the molecule is Cc1cc(C)n(-c2cc(N)[nH]c3c(ccn2)c(-c2ccc(F)cn2)nn3C)n1. The first kappa shape index (κ1) is 17.7. The van der Waals surface area contributed by atoms with Gasteiger partial charge in [-0.25, -0.2) is 14.1 Å². The minimum absolute atomic E-state index is 0.387. The maximum atomic E-state index is 13.2. The summed E-state index contributed by atoms with van der Waals surface area (Å²) < 4.78 is 16.6. The maximum Gasteiger partial charge on any atom is 0.157 e. The molecule has 4 aromatic heterocycles. The number of nitrogen functional groups attached to an aromatic ring is 1. The summed E-state index contributed by atoms with van der Waals surface area (Å²) in [6.07, 6.45) is 2.83. The molecule has 4 rings (SSSR count). The molecular formula is C19H19FN8. The molecule has 0 saturated heterocycles. The minimum Gasteiger partial charge on any atom is -0.385 e. The second-order valence-electron chi connectivity index (χ2n) is 6.46. The maximum absolute atomic E-state index is 13.2. The van der Waals surface area contributed by atoms with Gasteiger partial charge >= 0.3 is 0 Å². The summed E-state index contributed by atoms with van der Waals surface area (Å²) in [5.74, 6) is 0.561. The van der Waals surface area contributed by atoms with Gasteiger partial charge in [0.25, 0.3) is 0 Å². The number of nitrogens with two attached hydrogens (primary N) is 1. The monoisotopic (exact) mass is 378 g/mol. The van der Waals surface area contributed by atoms with Gasteiger partial charge in [0, 0.05) is 30.4 Å². The predicted molar refractivity (Wildman–Crippen MR) is 105 cm³/mol. The van der Waals surface area contributed by atoms with Crippen molar-refractivity contribution in [1.29, 1.82) is 0 Å². The largest absolute Gasteiger partial charge is 0.385 e. The zero-order chi connectivity index (χ0) is 19.8. The van der Waals surface area contributed by atoms with Crippen LogP contribution in [0.2, 0.25) is 0 Å². The molecule has 4 heterocycles. The summed E-state index contributed by atoms with van der Waals surface area (Å²) in [5, 5.41) is 9.71. The predicted octanol–water partition coefficient (Wildman–Crippen LogP) is 3.01. The van der Waals surface area contributed by atoms with E-state index in [1.807, 2.05) is 26.0 Å². The van der Waals surface area contributed by atoms with Gasteiger partial charge in [-0.15, -0.1) is 0 Å². The number of fused-ring (bicyclic) bond motifs is 1. The highest BCUT2D eigenvalue weighted by molar-refractivity contribution is 5.89. The highest BCUT2D eigenvalue weighted by Gasteiger charge is 2.12. The number of aromatic nitrogens is 7. The van der Waals surface area contributed by atoms with E-state index in [4.69, 9.17) is 5.73 Å². The van der Waals surface area contributed by atoms with Crippen LogP contribution in [0.15, 0.2) is 42.7 Å². The fourth-order valence-electron chi connectivity index (χ4n) is 3.07. The van der Waals surface area contributed by atoms with Crippen molar-refractivity contribution in [2.75, 3.05) is 5.73 Å². The van der Waals surface area contributed by atoms with Gasteiger partial charge in [0.2, 0.25) is 0 Å². The number of anilines is 1. The average molecular weight is 378 g/mol. The molecule has 142 valence electrons. The third-order valence-electron chi connectivity index (χ3n) is 4.28. The van der Waals surface area contributed by atoms with Gasteiger partial charge in [0.05, 0.1) is 17.6 Å². The van der Waals surface area contributed by atoms with Crippen LogP contribution in [0.1, 0.15) is 11.4 Å². The molecule has 8 nitrogen and oxygen atoms in total. The molecule has 0 aliphatic rings. The van der Waals surface area contributed by atoms with Crippen molar-refractivity contribution in [3.63, 3.8) is 0 Å². The normalized spacial score (nSPS) is 11.0. The number of nitrogens with one attached hydrogen (secondary N) is 1. The number of pyridine rings is 1. The second-order valence-corrected chi connectivity index (χ2v) is 6.46. The van der Waals surface area contributed by atoms with E-state index in [1.54, 1.807) is 34.7 Å². The molecule has 0 spiro atoms. The molecule has 28 heavy (non-hydrogen) atoms. The van der Waals surface area contributed by atoms with Crippen molar-refractivity contribution in [3.05, 3.63) is 59.9 Å². The van der Waals surface area contributed by atoms with Crippen LogP contribution in [0, 0.1) is 19.7 Å². The number of aryl methyl sites for hydroxylation is 3. The van der Waals surface area contributed by atoms with Crippen molar-refractivity contribution >= 4 is 16.9 Å². The van der Waals surface area contributed by atoms with Gasteiger partial charge in [-0.3, -0.25) is 9.67 Å². The van der Waals surface area contributed by atoms with E-state index in [0.29, 0.717) is 28.7 Å². The Balaban J connectivity index is 1.97. The van der Waals surface area contributed by atoms with Crippen molar-refractivity contribution in [2.24, 2.45) is 7.05 Å². The Labute approximate surface area is 160 Å². The number of H-pyrrole nitrogens is 1. The van der Waals surface area contributed by atoms with Crippen LogP contribution in [0.5, 0.6) is 0 Å². The van der Waals surface area contributed by atoms with Crippen LogP contribution >= 0.6 is 0 Å². The lowest BCUT2D eigenvalue weighted by atomic mass is 10.2. The number of rotatable bonds is 2. The van der Waals surface area contributed by atoms with Gasteiger partial charge in [-0.2, -0.15) is 10.2 Å². The van der Waals surface area contributed by atoms with E-state index in [0.717, 1.165) is 23.0 Å². The van der Waals surface area contributed by atoms with E-state index < -0.39 is 5.82 Å². The topological polar surface area (TPSA) is 103 Å². The smallest absolute Gasteiger partial charge is 0.157 e. The lowest BCUT2D eigenvalue weighted by Gasteiger charge is -2.01. The molecule has 0 bridgehead atoms. The lowest BCUT2D eigenvalue weighted by molar-refractivity contribution is 0.621. The van der Waals surface area contributed by atoms with Gasteiger partial charge in [-0.05, 0) is 38.1 Å². The van der Waals surface area contributed by atoms with E-state index in [9.17, 15) is 4.39 Å². The fraction of sp³-hybridized carbons (Fsp3) is 0.158. The Morgan fingerprint density at radius 2 is 1.89 bits per heavy atom. The Hall–Kier alpha value is -3.75. The van der Waals surface area contributed by atoms with Gasteiger partial charge in [0.1, 0.15) is 23.0 Å². The molecule has 0 unspecified atom stereocenters. The molecule has 0 saturated carbocycles. The first-order valence-corrected chi connectivity index (χ1v) is 8.63. The molecule has 9 heteroatoms. The van der Waals surface area contributed by atoms with Crippen LogP contribution in [-0.4, -0.2) is 34.5 Å². The number of hydrogen-bond acceptors (Lipinski definition) is 5. The zero-order valence-electron chi connectivity index (χ0n) is 15.7. The molecule has 0 amide bonds. The third kappa shape index (κ3) is 3.18. The summed E-state index contributed by atoms with van der Waals surface area (Å²) in [4.78, 5) is 11.8. The van der Waals surface area contributed by atoms with Gasteiger partial charge in [-0.1, -0.05) is 0 Å². The van der Waals surface area contributed by atoms with Crippen LogP contribution in [-0.2, 0) is 7.05 Å². The van der Waals surface area contributed by atoms with E-state index in [-0.39, 0.29) is 0 Å². The molecule has 0 atom stereocenters. The summed E-state index contributed by atoms with van der Waals surface area (Å²) >= 11 is 0. The first-order valence-electron chi connectivity index (χ1n) is 8.63. The van der Waals surface area contributed by atoms with E-state index in [1.165, 1.54) is 6.07 Å². The van der Waals surface area contributed by atoms with Crippen LogP contribution in [0.25, 0.3) is 28.2 Å². The molecule has 0 aliphatic heterocycles. The first-order chi connectivity index (χ1) is 13.4. The van der Waals surface area contributed by atoms with Crippen molar-refractivity contribution in [1.82, 2.24) is 34.5 Å². The van der Waals surface area contributed by atoms with Crippen LogP contribution < -0.4 is 5.73 Å². The molecule has 0 aromatic carbocycles. The standard InChI is InChI=1S/C19H19FN8/c1-11-8-12(2)28(25-11)17-9-16(21)24-19-14(6-7-22-17)18(26-27(19)3)15-5-4-13(20)10-23-15/h4-10,24H,21H2,1-3H3. The summed E-state index contributed by atoms with van der Waals surface area (Å²) in [7, 11) is 1.79. The Bertz CT molecular complexity index is 1210. The van der Waals surface area contributed by atoms with Crippen molar-refractivity contribution < 1.29 is 4.39 Å². The Morgan fingerprint density at radius 1 is 1.07 bits per heavy atom. The number of halogens is 1. The number of aromatic amines is 1. The van der Waals surface area contributed by atoms with E-state index in [2.05, 4.69) is 25.1 Å². The van der Waals surface area contributed by atoms with Crippen molar-refractivity contribution in [3.8, 4) is 17.2 Å². The lowest BCUT2D eigenvalue weighted by Crippen LogP contribution is -2.01. The molecule has 4 aromatic rings. The van der Waals surface area contributed by atoms with Crippen LogP contribution in [0.4, 0.5) is 10.2 Å². The summed E-state index contributed by atoms with van der Waals surface area (Å²) in [5.41, 5.74) is 9.86.